The van der Waals surface area contributed by atoms with E-state index in [1.807, 2.05) is 6.07 Å². The molecule has 0 atom stereocenters. The molecule has 0 saturated carbocycles. The fourth-order valence-electron chi connectivity index (χ4n) is 2.57. The van der Waals surface area contributed by atoms with Crippen molar-refractivity contribution in [1.29, 1.82) is 0 Å². The van der Waals surface area contributed by atoms with Crippen molar-refractivity contribution in [1.82, 2.24) is 0 Å². The summed E-state index contributed by atoms with van der Waals surface area (Å²) in [7, 11) is 1.58. The lowest BCUT2D eigenvalue weighted by Gasteiger charge is -2.12. The molecule has 1 amide bonds. The lowest BCUT2D eigenvalue weighted by Crippen LogP contribution is -2.21. The second-order valence-electron chi connectivity index (χ2n) is 5.90. The van der Waals surface area contributed by atoms with Gasteiger partial charge in [-0.1, -0.05) is 46.3 Å². The minimum atomic E-state index is -0.361. The van der Waals surface area contributed by atoms with Crippen LogP contribution in [0.5, 0.6) is 11.5 Å². The average Bonchev–Trinajstić information content (AvgIpc) is 2.74. The third-order valence-corrected chi connectivity index (χ3v) is 4.46. The van der Waals surface area contributed by atoms with Crippen LogP contribution in [-0.2, 0) is 4.79 Å². The monoisotopic (exact) mass is 439 g/mol. The van der Waals surface area contributed by atoms with Crippen molar-refractivity contribution < 1.29 is 19.1 Å². The van der Waals surface area contributed by atoms with Crippen molar-refractivity contribution in [3.63, 3.8) is 0 Å². The number of benzene rings is 3. The topological polar surface area (TPSA) is 64.6 Å². The van der Waals surface area contributed by atoms with Gasteiger partial charge in [0.2, 0.25) is 0 Å². The number of amides is 1. The maximum atomic E-state index is 12.8. The molecule has 0 aliphatic rings. The first kappa shape index (κ1) is 19.6. The smallest absolute Gasteiger partial charge is 0.262 e. The molecule has 3 aromatic rings. The Bertz CT molecular complexity index is 972. The Morgan fingerprint density at radius 3 is 2.29 bits per heavy atom. The quantitative estimate of drug-likeness (QED) is 0.541. The largest absolute Gasteiger partial charge is 0.497 e. The number of methoxy groups -OCH3 is 1. The predicted octanol–water partition coefficient (Wildman–Crippen LogP) is 4.71. The maximum Gasteiger partial charge on any atom is 0.262 e. The van der Waals surface area contributed by atoms with Gasteiger partial charge in [0.15, 0.2) is 12.4 Å². The van der Waals surface area contributed by atoms with E-state index in [0.29, 0.717) is 28.3 Å². The van der Waals surface area contributed by atoms with Gasteiger partial charge < -0.3 is 14.8 Å². The molecule has 6 heteroatoms. The molecule has 0 bridgehead atoms. The minimum absolute atomic E-state index is 0.173. The van der Waals surface area contributed by atoms with E-state index in [9.17, 15) is 9.59 Å². The van der Waals surface area contributed by atoms with Crippen LogP contribution in [-0.4, -0.2) is 25.4 Å². The van der Waals surface area contributed by atoms with Gasteiger partial charge in [0, 0.05) is 15.6 Å². The Hall–Kier alpha value is -3.12. The zero-order chi connectivity index (χ0) is 19.9. The molecule has 0 aromatic heterocycles. The Labute approximate surface area is 171 Å². The van der Waals surface area contributed by atoms with Gasteiger partial charge in [-0.3, -0.25) is 9.59 Å². The summed E-state index contributed by atoms with van der Waals surface area (Å²) in [6, 6.07) is 21.0. The Kier molecular flexibility index (Phi) is 6.45. The molecular formula is C22H18BrNO4. The first-order valence-electron chi connectivity index (χ1n) is 8.53. The molecule has 1 N–H and O–H groups in total. The van der Waals surface area contributed by atoms with Crippen molar-refractivity contribution >= 4 is 33.3 Å². The summed E-state index contributed by atoms with van der Waals surface area (Å²) in [4.78, 5) is 25.1. The lowest BCUT2D eigenvalue weighted by molar-refractivity contribution is -0.118. The molecule has 0 heterocycles. The standard InChI is InChI=1S/C22H18BrNO4/c1-27-17-8-10-18(11-9-17)28-14-21(25)24-20-12-7-16(23)13-19(20)22(26)15-5-3-2-4-6-15/h2-13H,14H2,1H3,(H,24,25). The van der Waals surface area contributed by atoms with Crippen molar-refractivity contribution in [3.05, 3.63) is 88.4 Å². The number of carbonyl (C=O) groups excluding carboxylic acids is 2. The summed E-state index contributed by atoms with van der Waals surface area (Å²) in [5.41, 5.74) is 1.38. The van der Waals surface area contributed by atoms with Gasteiger partial charge in [-0.05, 0) is 42.5 Å². The SMILES string of the molecule is COc1ccc(OCC(=O)Nc2ccc(Br)cc2C(=O)c2ccccc2)cc1. The van der Waals surface area contributed by atoms with Gasteiger partial charge in [0.05, 0.1) is 12.8 Å². The second kappa shape index (κ2) is 9.19. The average molecular weight is 440 g/mol. The number of ether oxygens (including phenoxy) is 2. The van der Waals surface area contributed by atoms with Crippen molar-refractivity contribution in [2.45, 2.75) is 0 Å². The Morgan fingerprint density at radius 1 is 0.929 bits per heavy atom. The van der Waals surface area contributed by atoms with E-state index >= 15 is 0 Å². The van der Waals surface area contributed by atoms with Crippen molar-refractivity contribution in [3.8, 4) is 11.5 Å². The van der Waals surface area contributed by atoms with Crippen LogP contribution in [0.25, 0.3) is 0 Å². The van der Waals surface area contributed by atoms with E-state index in [1.54, 1.807) is 73.8 Å². The van der Waals surface area contributed by atoms with E-state index in [1.165, 1.54) is 0 Å². The van der Waals surface area contributed by atoms with E-state index in [-0.39, 0.29) is 18.3 Å². The lowest BCUT2D eigenvalue weighted by atomic mass is 10.0. The molecule has 0 aliphatic heterocycles. The molecule has 0 unspecified atom stereocenters. The molecule has 3 aromatic carbocycles. The first-order valence-corrected chi connectivity index (χ1v) is 9.32. The number of anilines is 1. The third-order valence-electron chi connectivity index (χ3n) is 3.97. The summed E-state index contributed by atoms with van der Waals surface area (Å²) in [6.45, 7) is -0.179. The predicted molar refractivity (Wildman–Crippen MR) is 111 cm³/mol. The number of nitrogens with one attached hydrogen (secondary N) is 1. The Morgan fingerprint density at radius 2 is 1.61 bits per heavy atom. The molecule has 28 heavy (non-hydrogen) atoms. The van der Waals surface area contributed by atoms with E-state index in [4.69, 9.17) is 9.47 Å². The molecule has 5 nitrogen and oxygen atoms in total. The second-order valence-corrected chi connectivity index (χ2v) is 6.81. The van der Waals surface area contributed by atoms with Crippen LogP contribution in [0.15, 0.2) is 77.3 Å². The fraction of sp³-hybridized carbons (Fsp3) is 0.0909. The summed E-state index contributed by atoms with van der Waals surface area (Å²) in [5.74, 6) is 0.719. The van der Waals surface area contributed by atoms with Crippen LogP contribution in [0, 0.1) is 0 Å². The first-order chi connectivity index (χ1) is 13.6. The van der Waals surface area contributed by atoms with Crippen LogP contribution >= 0.6 is 15.9 Å². The van der Waals surface area contributed by atoms with Gasteiger partial charge in [-0.25, -0.2) is 0 Å². The van der Waals surface area contributed by atoms with Gasteiger partial charge in [-0.15, -0.1) is 0 Å². The zero-order valence-electron chi connectivity index (χ0n) is 15.1. The number of ketones is 1. The molecule has 0 aliphatic carbocycles. The molecule has 0 fully saturated rings. The summed E-state index contributed by atoms with van der Waals surface area (Å²) in [6.07, 6.45) is 0. The fourth-order valence-corrected chi connectivity index (χ4v) is 2.93. The number of hydrogen-bond acceptors (Lipinski definition) is 4. The molecule has 0 spiro atoms. The molecular weight excluding hydrogens is 422 g/mol. The number of hydrogen-bond donors (Lipinski definition) is 1. The highest BCUT2D eigenvalue weighted by Crippen LogP contribution is 2.24. The van der Waals surface area contributed by atoms with Crippen LogP contribution in [0.4, 0.5) is 5.69 Å². The third kappa shape index (κ3) is 4.98. The number of rotatable bonds is 7. The van der Waals surface area contributed by atoms with Crippen LogP contribution in [0.1, 0.15) is 15.9 Å². The maximum absolute atomic E-state index is 12.8. The van der Waals surface area contributed by atoms with E-state index in [0.717, 1.165) is 4.47 Å². The highest BCUT2D eigenvalue weighted by atomic mass is 79.9. The Balaban J connectivity index is 1.71. The summed E-state index contributed by atoms with van der Waals surface area (Å²) < 4.78 is 11.3. The van der Waals surface area contributed by atoms with E-state index < -0.39 is 0 Å². The highest BCUT2D eigenvalue weighted by Gasteiger charge is 2.16. The molecule has 0 radical (unpaired) electrons. The van der Waals surface area contributed by atoms with E-state index in [2.05, 4.69) is 21.2 Å². The van der Waals surface area contributed by atoms with Gasteiger partial charge in [0.1, 0.15) is 11.5 Å². The highest BCUT2D eigenvalue weighted by molar-refractivity contribution is 9.10. The van der Waals surface area contributed by atoms with Gasteiger partial charge in [-0.2, -0.15) is 0 Å². The normalized spacial score (nSPS) is 10.2. The number of halogens is 1. The molecule has 3 rings (SSSR count). The van der Waals surface area contributed by atoms with Crippen molar-refractivity contribution in [2.24, 2.45) is 0 Å². The minimum Gasteiger partial charge on any atom is -0.497 e. The van der Waals surface area contributed by atoms with Crippen LogP contribution in [0.2, 0.25) is 0 Å². The number of carbonyl (C=O) groups is 2. The van der Waals surface area contributed by atoms with Crippen molar-refractivity contribution in [2.75, 3.05) is 19.0 Å². The molecule has 142 valence electrons. The van der Waals surface area contributed by atoms with Gasteiger partial charge in [0.25, 0.3) is 5.91 Å². The summed E-state index contributed by atoms with van der Waals surface area (Å²) in [5, 5.41) is 2.75. The molecule has 0 saturated heterocycles. The van der Waals surface area contributed by atoms with Crippen LogP contribution in [0.3, 0.4) is 0 Å². The van der Waals surface area contributed by atoms with Crippen LogP contribution < -0.4 is 14.8 Å². The summed E-state index contributed by atoms with van der Waals surface area (Å²) >= 11 is 3.38. The zero-order valence-corrected chi connectivity index (χ0v) is 16.7. The van der Waals surface area contributed by atoms with Gasteiger partial charge >= 0.3 is 0 Å².